The summed E-state index contributed by atoms with van der Waals surface area (Å²) >= 11 is 0. The standard InChI is InChI=1S/C20H21N3O2/c1-14-6-5-7-17(12-14)19(25)23(20(2,3)4)22-18(24)16-10-8-15(13-21)9-11-16/h5-12H,1-4H3,(H,22,24). The number of carbonyl (C=O) groups excluding carboxylic acids is 2. The first-order valence-electron chi connectivity index (χ1n) is 7.95. The van der Waals surface area contributed by atoms with Gasteiger partial charge in [-0.2, -0.15) is 5.26 Å². The van der Waals surface area contributed by atoms with Crippen LogP contribution in [0.25, 0.3) is 0 Å². The van der Waals surface area contributed by atoms with Gasteiger partial charge in [0.1, 0.15) is 0 Å². The van der Waals surface area contributed by atoms with Crippen LogP contribution < -0.4 is 5.43 Å². The first-order chi connectivity index (χ1) is 11.7. The molecule has 0 bridgehead atoms. The van der Waals surface area contributed by atoms with Crippen LogP contribution >= 0.6 is 0 Å². The summed E-state index contributed by atoms with van der Waals surface area (Å²) in [6.07, 6.45) is 0. The summed E-state index contributed by atoms with van der Waals surface area (Å²) in [6, 6.07) is 15.5. The van der Waals surface area contributed by atoms with Crippen LogP contribution in [-0.2, 0) is 0 Å². The van der Waals surface area contributed by atoms with Crippen molar-refractivity contribution in [2.24, 2.45) is 0 Å². The average molecular weight is 335 g/mol. The second kappa shape index (κ2) is 7.18. The Kier molecular flexibility index (Phi) is 5.23. The summed E-state index contributed by atoms with van der Waals surface area (Å²) in [5.41, 5.74) is 4.41. The van der Waals surface area contributed by atoms with Crippen molar-refractivity contribution in [1.82, 2.24) is 10.4 Å². The minimum absolute atomic E-state index is 0.279. The van der Waals surface area contributed by atoms with Gasteiger partial charge in [0.2, 0.25) is 0 Å². The first-order valence-corrected chi connectivity index (χ1v) is 7.95. The molecule has 0 heterocycles. The predicted molar refractivity (Wildman–Crippen MR) is 95.7 cm³/mol. The highest BCUT2D eigenvalue weighted by molar-refractivity contribution is 5.99. The highest BCUT2D eigenvalue weighted by Crippen LogP contribution is 2.17. The fourth-order valence-corrected chi connectivity index (χ4v) is 2.29. The molecule has 0 spiro atoms. The lowest BCUT2D eigenvalue weighted by atomic mass is 10.1. The van der Waals surface area contributed by atoms with Gasteiger partial charge in [-0.25, -0.2) is 5.01 Å². The molecule has 128 valence electrons. The quantitative estimate of drug-likeness (QED) is 0.854. The van der Waals surface area contributed by atoms with Crippen molar-refractivity contribution in [2.75, 3.05) is 0 Å². The Hall–Kier alpha value is -3.13. The number of hydrogen-bond acceptors (Lipinski definition) is 3. The molecule has 2 aromatic rings. The SMILES string of the molecule is Cc1cccc(C(=O)N(NC(=O)c2ccc(C#N)cc2)C(C)(C)C)c1. The zero-order chi connectivity index (χ0) is 18.6. The third-order valence-corrected chi connectivity index (χ3v) is 3.63. The molecule has 0 aliphatic carbocycles. The van der Waals surface area contributed by atoms with E-state index in [1.807, 2.05) is 45.9 Å². The van der Waals surface area contributed by atoms with Crippen LogP contribution in [0, 0.1) is 18.3 Å². The van der Waals surface area contributed by atoms with E-state index in [4.69, 9.17) is 5.26 Å². The lowest BCUT2D eigenvalue weighted by molar-refractivity contribution is 0.0358. The van der Waals surface area contributed by atoms with Gasteiger partial charge < -0.3 is 0 Å². The molecule has 1 N–H and O–H groups in total. The largest absolute Gasteiger partial charge is 0.272 e. The van der Waals surface area contributed by atoms with E-state index in [1.165, 1.54) is 5.01 Å². The highest BCUT2D eigenvalue weighted by Gasteiger charge is 2.29. The van der Waals surface area contributed by atoms with Crippen LogP contribution in [0.2, 0.25) is 0 Å². The summed E-state index contributed by atoms with van der Waals surface area (Å²) in [5, 5.41) is 10.2. The molecule has 2 amide bonds. The number of hydrazine groups is 1. The van der Waals surface area contributed by atoms with Crippen LogP contribution in [0.1, 0.15) is 52.6 Å². The number of carbonyl (C=O) groups is 2. The molecule has 0 radical (unpaired) electrons. The van der Waals surface area contributed by atoms with Crippen molar-refractivity contribution in [2.45, 2.75) is 33.2 Å². The number of amides is 2. The van der Waals surface area contributed by atoms with E-state index in [9.17, 15) is 9.59 Å². The van der Waals surface area contributed by atoms with Crippen LogP contribution in [0.15, 0.2) is 48.5 Å². The summed E-state index contributed by atoms with van der Waals surface area (Å²) in [7, 11) is 0. The van der Waals surface area contributed by atoms with Gasteiger partial charge >= 0.3 is 0 Å². The molecule has 0 aromatic heterocycles. The zero-order valence-corrected chi connectivity index (χ0v) is 14.8. The molecule has 0 atom stereocenters. The van der Waals surface area contributed by atoms with E-state index in [2.05, 4.69) is 5.43 Å². The van der Waals surface area contributed by atoms with E-state index in [0.29, 0.717) is 16.7 Å². The number of benzene rings is 2. The summed E-state index contributed by atoms with van der Waals surface area (Å²) in [4.78, 5) is 25.4. The van der Waals surface area contributed by atoms with Gasteiger partial charge in [-0.1, -0.05) is 17.7 Å². The highest BCUT2D eigenvalue weighted by atomic mass is 16.2. The van der Waals surface area contributed by atoms with Crippen molar-refractivity contribution >= 4 is 11.8 Å². The number of nitrogens with one attached hydrogen (secondary N) is 1. The van der Waals surface area contributed by atoms with Crippen molar-refractivity contribution in [3.63, 3.8) is 0 Å². The fraction of sp³-hybridized carbons (Fsp3) is 0.250. The Morgan fingerprint density at radius 1 is 1.04 bits per heavy atom. The molecule has 25 heavy (non-hydrogen) atoms. The predicted octanol–water partition coefficient (Wildman–Crippen LogP) is 3.45. The minimum Gasteiger partial charge on any atom is -0.267 e. The van der Waals surface area contributed by atoms with Crippen molar-refractivity contribution < 1.29 is 9.59 Å². The van der Waals surface area contributed by atoms with Gasteiger partial charge in [-0.15, -0.1) is 0 Å². The first kappa shape index (κ1) is 18.2. The topological polar surface area (TPSA) is 73.2 Å². The molecule has 5 nitrogen and oxygen atoms in total. The summed E-state index contributed by atoms with van der Waals surface area (Å²) in [5.74, 6) is -0.682. The molecular formula is C20H21N3O2. The lowest BCUT2D eigenvalue weighted by Gasteiger charge is -2.35. The molecule has 0 fully saturated rings. The lowest BCUT2D eigenvalue weighted by Crippen LogP contribution is -2.55. The van der Waals surface area contributed by atoms with E-state index in [1.54, 1.807) is 36.4 Å². The number of rotatable bonds is 2. The fourth-order valence-electron chi connectivity index (χ4n) is 2.29. The third-order valence-electron chi connectivity index (χ3n) is 3.63. The minimum atomic E-state index is -0.608. The molecule has 2 aromatic carbocycles. The van der Waals surface area contributed by atoms with Crippen LogP contribution in [0.3, 0.4) is 0 Å². The van der Waals surface area contributed by atoms with E-state index < -0.39 is 11.4 Å². The number of nitrogens with zero attached hydrogens (tertiary/aromatic N) is 2. The van der Waals surface area contributed by atoms with Crippen molar-refractivity contribution in [1.29, 1.82) is 5.26 Å². The maximum absolute atomic E-state index is 12.9. The van der Waals surface area contributed by atoms with Crippen molar-refractivity contribution in [3.05, 3.63) is 70.8 Å². The number of aryl methyl sites for hydroxylation is 1. The van der Waals surface area contributed by atoms with Gasteiger partial charge in [0.25, 0.3) is 11.8 Å². The Balaban J connectivity index is 2.27. The van der Waals surface area contributed by atoms with Gasteiger partial charge in [0, 0.05) is 11.1 Å². The van der Waals surface area contributed by atoms with Gasteiger partial charge in [-0.05, 0) is 64.1 Å². The van der Waals surface area contributed by atoms with Gasteiger partial charge in [0.05, 0.1) is 17.2 Å². The smallest absolute Gasteiger partial charge is 0.267 e. The second-order valence-electron chi connectivity index (χ2n) is 6.81. The molecule has 0 unspecified atom stereocenters. The normalized spacial score (nSPS) is 10.7. The molecule has 0 saturated heterocycles. The van der Waals surface area contributed by atoms with E-state index >= 15 is 0 Å². The van der Waals surface area contributed by atoms with E-state index in [-0.39, 0.29) is 5.91 Å². The summed E-state index contributed by atoms with van der Waals surface area (Å²) < 4.78 is 0. The monoisotopic (exact) mass is 335 g/mol. The van der Waals surface area contributed by atoms with Gasteiger partial charge in [-0.3, -0.25) is 15.0 Å². The maximum atomic E-state index is 12.9. The Labute approximate surface area is 147 Å². The molecule has 0 aliphatic rings. The maximum Gasteiger partial charge on any atom is 0.272 e. The molecule has 0 saturated carbocycles. The Morgan fingerprint density at radius 3 is 2.20 bits per heavy atom. The number of nitriles is 1. The van der Waals surface area contributed by atoms with E-state index in [0.717, 1.165) is 5.56 Å². The number of hydrogen-bond donors (Lipinski definition) is 1. The summed E-state index contributed by atoms with van der Waals surface area (Å²) in [6.45, 7) is 7.45. The molecule has 5 heteroatoms. The molecule has 0 aliphatic heterocycles. The van der Waals surface area contributed by atoms with Crippen LogP contribution in [-0.4, -0.2) is 22.4 Å². The van der Waals surface area contributed by atoms with Crippen LogP contribution in [0.4, 0.5) is 0 Å². The zero-order valence-electron chi connectivity index (χ0n) is 14.8. The van der Waals surface area contributed by atoms with Crippen molar-refractivity contribution in [3.8, 4) is 6.07 Å². The molecular weight excluding hydrogens is 314 g/mol. The average Bonchev–Trinajstić information content (AvgIpc) is 2.58. The Bertz CT molecular complexity index is 827. The van der Waals surface area contributed by atoms with Crippen LogP contribution in [0.5, 0.6) is 0 Å². The third kappa shape index (κ3) is 4.45. The Morgan fingerprint density at radius 2 is 1.68 bits per heavy atom. The molecule has 2 rings (SSSR count). The second-order valence-corrected chi connectivity index (χ2v) is 6.81. The van der Waals surface area contributed by atoms with Gasteiger partial charge in [0.15, 0.2) is 0 Å².